The zero-order valence-corrected chi connectivity index (χ0v) is 20.7. The Morgan fingerprint density at radius 1 is 0.410 bits per heavy atom. The monoisotopic (exact) mass is 497 g/mol. The highest BCUT2D eigenvalue weighted by Gasteiger charge is 2.23. The summed E-state index contributed by atoms with van der Waals surface area (Å²) in [6, 6.07) is 39.6. The van der Waals surface area contributed by atoms with Crippen molar-refractivity contribution in [1.29, 1.82) is 0 Å². The molecule has 0 amide bonds. The number of rotatable bonds is 3. The van der Waals surface area contributed by atoms with Gasteiger partial charge in [0.2, 0.25) is 0 Å². The van der Waals surface area contributed by atoms with Crippen molar-refractivity contribution in [3.63, 3.8) is 0 Å². The van der Waals surface area contributed by atoms with Crippen LogP contribution in [0.2, 0.25) is 0 Å². The van der Waals surface area contributed by atoms with Gasteiger partial charge >= 0.3 is 0 Å². The van der Waals surface area contributed by atoms with Crippen molar-refractivity contribution in [2.24, 2.45) is 0 Å². The van der Waals surface area contributed by atoms with Crippen molar-refractivity contribution in [2.75, 3.05) is 0 Å². The zero-order chi connectivity index (χ0) is 25.5. The Morgan fingerprint density at radius 2 is 1.03 bits per heavy atom. The molecule has 4 nitrogen and oxygen atoms in total. The molecule has 2 heterocycles. The van der Waals surface area contributed by atoms with E-state index >= 15 is 0 Å². The van der Waals surface area contributed by atoms with E-state index in [9.17, 15) is 0 Å². The highest BCUT2D eigenvalue weighted by atomic mass is 16.3. The second kappa shape index (κ2) is 7.59. The second-order valence-corrected chi connectivity index (χ2v) is 10.0. The lowest BCUT2D eigenvalue weighted by Crippen LogP contribution is -2.00. The lowest BCUT2D eigenvalue weighted by molar-refractivity contribution is 0.670. The minimum Gasteiger partial charge on any atom is -0.455 e. The molecule has 180 valence electrons. The zero-order valence-electron chi connectivity index (χ0n) is 20.7. The first-order chi connectivity index (χ1) is 19.3. The molecule has 9 aromatic rings. The van der Waals surface area contributed by atoms with Gasteiger partial charge in [0.05, 0.1) is 5.56 Å². The number of furan rings is 1. The van der Waals surface area contributed by atoms with Crippen LogP contribution in [0.5, 0.6) is 0 Å². The van der Waals surface area contributed by atoms with Gasteiger partial charge in [-0.15, -0.1) is 0 Å². The van der Waals surface area contributed by atoms with Gasteiger partial charge in [-0.05, 0) is 39.1 Å². The third-order valence-corrected chi connectivity index (χ3v) is 7.84. The maximum atomic E-state index is 6.66. The molecule has 4 heteroatoms. The molecule has 7 aromatic carbocycles. The van der Waals surface area contributed by atoms with E-state index < -0.39 is 0 Å². The van der Waals surface area contributed by atoms with E-state index in [-0.39, 0.29) is 0 Å². The molecule has 0 fully saturated rings. The topological polar surface area (TPSA) is 51.8 Å². The van der Waals surface area contributed by atoms with Gasteiger partial charge in [-0.25, -0.2) is 15.0 Å². The van der Waals surface area contributed by atoms with E-state index in [1.54, 1.807) is 0 Å². The Morgan fingerprint density at radius 3 is 1.74 bits per heavy atom. The summed E-state index contributed by atoms with van der Waals surface area (Å²) in [6.07, 6.45) is 0. The van der Waals surface area contributed by atoms with E-state index in [2.05, 4.69) is 54.6 Å². The van der Waals surface area contributed by atoms with Crippen LogP contribution in [-0.2, 0) is 0 Å². The normalized spacial score (nSPS) is 12.1. The maximum Gasteiger partial charge on any atom is 0.167 e. The summed E-state index contributed by atoms with van der Waals surface area (Å²) in [5.74, 6) is 1.87. The maximum absolute atomic E-state index is 6.66. The fourth-order valence-corrected chi connectivity index (χ4v) is 6.11. The molecule has 9 rings (SSSR count). The molecule has 0 atom stereocenters. The summed E-state index contributed by atoms with van der Waals surface area (Å²) >= 11 is 0. The Bertz CT molecular complexity index is 2260. The van der Waals surface area contributed by atoms with Gasteiger partial charge in [0.1, 0.15) is 11.2 Å². The number of fused-ring (bicyclic) bond motifs is 1. The standard InChI is InChI=1S/C35H19N3O/c1-3-8-22(9-4-1)33-36-34(23-10-5-2-6-11-23)38-35(37-33)26-18-17-25-24-13-7-12-20-14-15-21-16-19-27-31(29(21)28(20)24)30(25)32(26)39-27/h1-19H. The summed E-state index contributed by atoms with van der Waals surface area (Å²) in [4.78, 5) is 14.8. The highest BCUT2D eigenvalue weighted by Crippen LogP contribution is 2.48. The van der Waals surface area contributed by atoms with Crippen molar-refractivity contribution in [1.82, 2.24) is 15.0 Å². The van der Waals surface area contributed by atoms with E-state index in [0.29, 0.717) is 17.5 Å². The Hall–Kier alpha value is -5.35. The summed E-state index contributed by atoms with van der Waals surface area (Å²) in [7, 11) is 0. The van der Waals surface area contributed by atoms with Crippen LogP contribution >= 0.6 is 0 Å². The van der Waals surface area contributed by atoms with Crippen molar-refractivity contribution >= 4 is 54.3 Å². The molecule has 0 aliphatic carbocycles. The van der Waals surface area contributed by atoms with Gasteiger partial charge in [0.25, 0.3) is 0 Å². The molecule has 0 N–H and O–H groups in total. The van der Waals surface area contributed by atoms with E-state index in [1.807, 2.05) is 60.7 Å². The number of hydrogen-bond donors (Lipinski definition) is 0. The van der Waals surface area contributed by atoms with Crippen molar-refractivity contribution in [3.8, 4) is 34.2 Å². The van der Waals surface area contributed by atoms with Crippen LogP contribution in [0, 0.1) is 0 Å². The molecule has 0 bridgehead atoms. The van der Waals surface area contributed by atoms with E-state index in [4.69, 9.17) is 19.4 Å². The molecule has 39 heavy (non-hydrogen) atoms. The van der Waals surface area contributed by atoms with E-state index in [0.717, 1.165) is 33.2 Å². The van der Waals surface area contributed by atoms with Gasteiger partial charge in [0, 0.05) is 27.3 Å². The minimum atomic E-state index is 0.599. The third kappa shape index (κ3) is 2.85. The Labute approximate surface area is 222 Å². The van der Waals surface area contributed by atoms with Crippen LogP contribution in [-0.4, -0.2) is 15.0 Å². The number of hydrogen-bond acceptors (Lipinski definition) is 4. The first-order valence-corrected chi connectivity index (χ1v) is 13.0. The largest absolute Gasteiger partial charge is 0.455 e. The molecule has 0 saturated carbocycles. The van der Waals surface area contributed by atoms with Crippen LogP contribution < -0.4 is 0 Å². The Kier molecular flexibility index (Phi) is 4.02. The first kappa shape index (κ1) is 20.7. The lowest BCUT2D eigenvalue weighted by atomic mass is 9.89. The summed E-state index contributed by atoms with van der Waals surface area (Å²) < 4.78 is 6.66. The van der Waals surface area contributed by atoms with Gasteiger partial charge in [-0.1, -0.05) is 103 Å². The quantitative estimate of drug-likeness (QED) is 0.180. The molecular weight excluding hydrogens is 478 g/mol. The van der Waals surface area contributed by atoms with Crippen LogP contribution in [0.15, 0.2) is 120 Å². The average molecular weight is 498 g/mol. The molecule has 0 radical (unpaired) electrons. The Balaban J connectivity index is 1.40. The SMILES string of the molecule is c1ccc(-c2nc(-c3ccccc3)nc(-c3ccc4c5cccc6ccc7ccc8oc3c4c8c7c65)n2)cc1. The third-order valence-electron chi connectivity index (χ3n) is 7.84. The van der Waals surface area contributed by atoms with Crippen LogP contribution in [0.25, 0.3) is 88.4 Å². The second-order valence-electron chi connectivity index (χ2n) is 10.0. The van der Waals surface area contributed by atoms with Gasteiger partial charge in [0.15, 0.2) is 17.5 Å². The minimum absolute atomic E-state index is 0.599. The molecule has 0 aliphatic heterocycles. The summed E-state index contributed by atoms with van der Waals surface area (Å²) in [5, 5.41) is 9.74. The van der Waals surface area contributed by atoms with Crippen molar-refractivity contribution in [2.45, 2.75) is 0 Å². The fourth-order valence-electron chi connectivity index (χ4n) is 6.11. The van der Waals surface area contributed by atoms with E-state index in [1.165, 1.54) is 37.7 Å². The van der Waals surface area contributed by atoms with Gasteiger partial charge in [-0.2, -0.15) is 0 Å². The molecule has 0 spiro atoms. The molecule has 0 saturated heterocycles. The van der Waals surface area contributed by atoms with Crippen LogP contribution in [0.4, 0.5) is 0 Å². The predicted molar refractivity (Wildman–Crippen MR) is 158 cm³/mol. The van der Waals surface area contributed by atoms with Crippen LogP contribution in [0.3, 0.4) is 0 Å². The average Bonchev–Trinajstić information content (AvgIpc) is 3.41. The predicted octanol–water partition coefficient (Wildman–Crippen LogP) is 9.11. The molecular formula is C35H19N3O. The van der Waals surface area contributed by atoms with Crippen molar-refractivity contribution in [3.05, 3.63) is 115 Å². The molecule has 0 unspecified atom stereocenters. The fraction of sp³-hybridized carbons (Fsp3) is 0. The highest BCUT2D eigenvalue weighted by molar-refractivity contribution is 6.39. The summed E-state index contributed by atoms with van der Waals surface area (Å²) in [6.45, 7) is 0. The number of aromatic nitrogens is 3. The molecule has 0 aliphatic rings. The first-order valence-electron chi connectivity index (χ1n) is 13.0. The lowest BCUT2D eigenvalue weighted by Gasteiger charge is -2.13. The molecule has 2 aromatic heterocycles. The summed E-state index contributed by atoms with van der Waals surface area (Å²) in [5.41, 5.74) is 4.44. The number of benzene rings is 7. The smallest absolute Gasteiger partial charge is 0.167 e. The van der Waals surface area contributed by atoms with Gasteiger partial charge < -0.3 is 4.42 Å². The van der Waals surface area contributed by atoms with Crippen molar-refractivity contribution < 1.29 is 4.42 Å². The number of nitrogens with zero attached hydrogens (tertiary/aromatic N) is 3. The van der Waals surface area contributed by atoms with Gasteiger partial charge in [-0.3, -0.25) is 0 Å². The van der Waals surface area contributed by atoms with Crippen LogP contribution in [0.1, 0.15) is 0 Å².